The quantitative estimate of drug-likeness (QED) is 0.624. The van der Waals surface area contributed by atoms with Gasteiger partial charge < -0.3 is 10.2 Å². The molecule has 4 rings (SSSR count). The van der Waals surface area contributed by atoms with E-state index in [2.05, 4.69) is 40.7 Å². The van der Waals surface area contributed by atoms with Crippen LogP contribution in [0, 0.1) is 13.8 Å². The van der Waals surface area contributed by atoms with E-state index in [1.807, 2.05) is 55.9 Å². The van der Waals surface area contributed by atoms with Crippen molar-refractivity contribution in [1.29, 1.82) is 0 Å². The van der Waals surface area contributed by atoms with Gasteiger partial charge in [-0.25, -0.2) is 4.98 Å². The molecule has 0 radical (unpaired) electrons. The largest absolute Gasteiger partial charge is 0.336 e. The summed E-state index contributed by atoms with van der Waals surface area (Å²) in [4.78, 5) is 24.2. The number of aryl methyl sites for hydroxylation is 3. The normalized spacial score (nSPS) is 16.5. The zero-order valence-electron chi connectivity index (χ0n) is 20.1. The highest BCUT2D eigenvalue weighted by Gasteiger charge is 2.26. The van der Waals surface area contributed by atoms with Crippen molar-refractivity contribution in [2.24, 2.45) is 7.05 Å². The van der Waals surface area contributed by atoms with Crippen LogP contribution in [-0.2, 0) is 7.05 Å². The van der Waals surface area contributed by atoms with Gasteiger partial charge in [0.25, 0.3) is 5.91 Å². The van der Waals surface area contributed by atoms with Gasteiger partial charge in [0.15, 0.2) is 0 Å². The van der Waals surface area contributed by atoms with E-state index in [4.69, 9.17) is 4.98 Å². The van der Waals surface area contributed by atoms with Crippen molar-refractivity contribution in [3.63, 3.8) is 0 Å². The summed E-state index contributed by atoms with van der Waals surface area (Å²) in [6.07, 6.45) is 7.94. The van der Waals surface area contributed by atoms with Crippen molar-refractivity contribution >= 4 is 17.6 Å². The van der Waals surface area contributed by atoms with Gasteiger partial charge in [-0.2, -0.15) is 5.10 Å². The second-order valence-electron chi connectivity index (χ2n) is 8.66. The number of amides is 1. The number of nitrogens with one attached hydrogen (secondary N) is 1. The van der Waals surface area contributed by atoms with E-state index in [9.17, 15) is 4.79 Å². The van der Waals surface area contributed by atoms with E-state index in [-0.39, 0.29) is 5.91 Å². The van der Waals surface area contributed by atoms with Gasteiger partial charge in [-0.05, 0) is 69.1 Å². The maximum absolute atomic E-state index is 13.0. The number of aromatic nitrogens is 4. The number of hydrogen-bond acceptors (Lipinski definition) is 5. The lowest BCUT2D eigenvalue weighted by Crippen LogP contribution is -2.33. The van der Waals surface area contributed by atoms with Crippen molar-refractivity contribution in [3.8, 4) is 11.3 Å². The maximum Gasteiger partial charge on any atom is 0.272 e. The summed E-state index contributed by atoms with van der Waals surface area (Å²) < 4.78 is 1.85. The number of carbonyl (C=O) groups is 1. The molecule has 3 aromatic rings. The minimum absolute atomic E-state index is 0.0184. The Bertz CT molecular complexity index is 1200. The molecule has 1 atom stereocenters. The number of rotatable bonds is 6. The smallest absolute Gasteiger partial charge is 0.272 e. The van der Waals surface area contributed by atoms with Crippen LogP contribution in [0.4, 0.5) is 0 Å². The van der Waals surface area contributed by atoms with Crippen LogP contribution in [0.1, 0.15) is 52.8 Å². The van der Waals surface area contributed by atoms with Gasteiger partial charge in [-0.3, -0.25) is 14.5 Å². The molecule has 1 aliphatic heterocycles. The molecular formula is C26H32N6O. The standard InChI is InChI=1S/C26H32N6O/c1-6-19(23-16-31(5)30-18(23)3)12-20-13-21(14-28-17(20)2)24-8-7-9-25(29-24)26(33)32-11-10-22(15-32)27-4/h7-9,12-14,16,22,27H,6,10-11,15H2,1-5H3/b19-12+. The molecule has 1 unspecified atom stereocenters. The summed E-state index contributed by atoms with van der Waals surface area (Å²) in [6.45, 7) is 7.67. The van der Waals surface area contributed by atoms with Crippen LogP contribution >= 0.6 is 0 Å². The van der Waals surface area contributed by atoms with Gasteiger partial charge in [-0.15, -0.1) is 0 Å². The lowest BCUT2D eigenvalue weighted by Gasteiger charge is -2.16. The third-order valence-electron chi connectivity index (χ3n) is 6.34. The molecule has 0 aliphatic carbocycles. The molecule has 1 N–H and O–H groups in total. The molecular weight excluding hydrogens is 412 g/mol. The number of allylic oxidation sites excluding steroid dienone is 1. The van der Waals surface area contributed by atoms with Gasteiger partial charge in [-0.1, -0.05) is 13.0 Å². The van der Waals surface area contributed by atoms with E-state index in [1.165, 1.54) is 5.57 Å². The van der Waals surface area contributed by atoms with Crippen molar-refractivity contribution in [2.75, 3.05) is 20.1 Å². The lowest BCUT2D eigenvalue weighted by atomic mass is 9.99. The summed E-state index contributed by atoms with van der Waals surface area (Å²) in [7, 11) is 3.88. The van der Waals surface area contributed by atoms with Crippen LogP contribution < -0.4 is 5.32 Å². The van der Waals surface area contributed by atoms with Gasteiger partial charge in [0.1, 0.15) is 5.69 Å². The molecule has 172 valence electrons. The minimum atomic E-state index is -0.0184. The average molecular weight is 445 g/mol. The minimum Gasteiger partial charge on any atom is -0.336 e. The summed E-state index contributed by atoms with van der Waals surface area (Å²) in [6, 6.07) is 8.08. The molecule has 0 saturated carbocycles. The van der Waals surface area contributed by atoms with Crippen LogP contribution in [0.5, 0.6) is 0 Å². The molecule has 7 heteroatoms. The van der Waals surface area contributed by atoms with Gasteiger partial charge in [0, 0.05) is 55.4 Å². The number of carbonyl (C=O) groups excluding carboxylic acids is 1. The van der Waals surface area contributed by atoms with Crippen molar-refractivity contribution in [3.05, 3.63) is 64.9 Å². The zero-order valence-corrected chi connectivity index (χ0v) is 20.1. The van der Waals surface area contributed by atoms with E-state index in [1.54, 1.807) is 6.07 Å². The third-order valence-corrected chi connectivity index (χ3v) is 6.34. The Labute approximate surface area is 195 Å². The maximum atomic E-state index is 13.0. The predicted molar refractivity (Wildman–Crippen MR) is 132 cm³/mol. The molecule has 1 amide bonds. The van der Waals surface area contributed by atoms with Crippen LogP contribution in [0.3, 0.4) is 0 Å². The van der Waals surface area contributed by atoms with E-state index in [0.29, 0.717) is 11.7 Å². The van der Waals surface area contributed by atoms with E-state index >= 15 is 0 Å². The highest BCUT2D eigenvalue weighted by Crippen LogP contribution is 2.27. The molecule has 7 nitrogen and oxygen atoms in total. The summed E-state index contributed by atoms with van der Waals surface area (Å²) in [5.41, 5.74) is 7.51. The fourth-order valence-electron chi connectivity index (χ4n) is 4.37. The van der Waals surface area contributed by atoms with Crippen LogP contribution in [0.25, 0.3) is 22.9 Å². The monoisotopic (exact) mass is 444 g/mol. The number of nitrogens with zero attached hydrogens (tertiary/aromatic N) is 5. The molecule has 4 heterocycles. The average Bonchev–Trinajstić information content (AvgIpc) is 3.44. The first-order valence-corrected chi connectivity index (χ1v) is 11.5. The third kappa shape index (κ3) is 4.88. The Morgan fingerprint density at radius 1 is 1.27 bits per heavy atom. The Morgan fingerprint density at radius 2 is 2.09 bits per heavy atom. The predicted octanol–water partition coefficient (Wildman–Crippen LogP) is 3.88. The Balaban J connectivity index is 1.65. The fourth-order valence-corrected chi connectivity index (χ4v) is 4.37. The Morgan fingerprint density at radius 3 is 2.76 bits per heavy atom. The second kappa shape index (κ2) is 9.67. The molecule has 0 bridgehead atoms. The molecule has 1 fully saturated rings. The van der Waals surface area contributed by atoms with Gasteiger partial charge in [0.05, 0.1) is 11.4 Å². The van der Waals surface area contributed by atoms with Gasteiger partial charge >= 0.3 is 0 Å². The topological polar surface area (TPSA) is 75.9 Å². The summed E-state index contributed by atoms with van der Waals surface area (Å²) in [5.74, 6) is -0.0184. The van der Waals surface area contributed by atoms with Crippen LogP contribution in [0.2, 0.25) is 0 Å². The first-order valence-electron chi connectivity index (χ1n) is 11.5. The molecule has 0 aromatic carbocycles. The number of likely N-dealkylation sites (N-methyl/N-ethyl adjacent to an activating group) is 1. The molecule has 3 aromatic heterocycles. The molecule has 0 spiro atoms. The number of likely N-dealkylation sites (tertiary alicyclic amines) is 1. The Hall–Kier alpha value is -3.32. The Kier molecular flexibility index (Phi) is 6.70. The van der Waals surface area contributed by atoms with Crippen molar-refractivity contribution in [1.82, 2.24) is 30.0 Å². The fraction of sp³-hybridized carbons (Fsp3) is 0.385. The van der Waals surface area contributed by atoms with Crippen LogP contribution in [-0.4, -0.2) is 56.7 Å². The molecule has 1 aliphatic rings. The zero-order chi connectivity index (χ0) is 23.5. The second-order valence-corrected chi connectivity index (χ2v) is 8.66. The number of hydrogen-bond donors (Lipinski definition) is 1. The van der Waals surface area contributed by atoms with E-state index < -0.39 is 0 Å². The van der Waals surface area contributed by atoms with E-state index in [0.717, 1.165) is 59.7 Å². The van der Waals surface area contributed by atoms with Crippen LogP contribution in [0.15, 0.2) is 36.7 Å². The SMILES string of the molecule is CC/C(=C\c1cc(-c2cccc(C(=O)N3CCC(NC)C3)n2)cnc1C)c1cn(C)nc1C. The summed E-state index contributed by atoms with van der Waals surface area (Å²) >= 11 is 0. The van der Waals surface area contributed by atoms with Crippen molar-refractivity contribution < 1.29 is 4.79 Å². The number of pyridine rings is 2. The highest BCUT2D eigenvalue weighted by molar-refractivity contribution is 5.93. The first-order chi connectivity index (χ1) is 15.9. The molecule has 1 saturated heterocycles. The summed E-state index contributed by atoms with van der Waals surface area (Å²) in [5, 5.41) is 7.74. The lowest BCUT2D eigenvalue weighted by molar-refractivity contribution is 0.0784. The molecule has 33 heavy (non-hydrogen) atoms. The van der Waals surface area contributed by atoms with Gasteiger partial charge in [0.2, 0.25) is 0 Å². The highest BCUT2D eigenvalue weighted by atomic mass is 16.2. The van der Waals surface area contributed by atoms with Crippen molar-refractivity contribution in [2.45, 2.75) is 39.7 Å². The first kappa shape index (κ1) is 22.9.